The molecule has 0 amide bonds. The Morgan fingerprint density at radius 3 is 2.35 bits per heavy atom. The molecule has 0 fully saturated rings. The maximum atomic E-state index is 11.4. The summed E-state index contributed by atoms with van der Waals surface area (Å²) >= 11 is 0. The lowest BCUT2D eigenvalue weighted by Gasteiger charge is -2.26. The summed E-state index contributed by atoms with van der Waals surface area (Å²) in [6.45, 7) is 0. The fraction of sp³-hybridized carbons (Fsp3) is 0.143. The van der Waals surface area contributed by atoms with Crippen molar-refractivity contribution in [2.24, 2.45) is 11.5 Å². The molecule has 0 radical (unpaired) electrons. The van der Waals surface area contributed by atoms with Crippen LogP contribution in [0.2, 0.25) is 0 Å². The van der Waals surface area contributed by atoms with Crippen molar-refractivity contribution >= 4 is 17.5 Å². The van der Waals surface area contributed by atoms with Gasteiger partial charge in [-0.1, -0.05) is 24.3 Å². The SMILES string of the molecule is NC1(N)C=CC(c2ccccc2C(=O)O)=C(C(=O)O)C1. The summed E-state index contributed by atoms with van der Waals surface area (Å²) < 4.78 is 0. The second-order valence-corrected chi connectivity index (χ2v) is 4.67. The Kier molecular flexibility index (Phi) is 3.44. The average molecular weight is 274 g/mol. The quantitative estimate of drug-likeness (QED) is 0.604. The van der Waals surface area contributed by atoms with E-state index < -0.39 is 17.6 Å². The Balaban J connectivity index is 2.64. The number of carbonyl (C=O) groups is 2. The number of benzene rings is 1. The highest BCUT2D eigenvalue weighted by molar-refractivity contribution is 6.04. The predicted molar refractivity (Wildman–Crippen MR) is 72.8 cm³/mol. The summed E-state index contributed by atoms with van der Waals surface area (Å²) in [4.78, 5) is 22.6. The Hall–Kier alpha value is -2.44. The van der Waals surface area contributed by atoms with Gasteiger partial charge in [-0.2, -0.15) is 0 Å². The van der Waals surface area contributed by atoms with Gasteiger partial charge in [-0.25, -0.2) is 9.59 Å². The molecule has 1 aromatic carbocycles. The largest absolute Gasteiger partial charge is 0.478 e. The van der Waals surface area contributed by atoms with Crippen molar-refractivity contribution < 1.29 is 19.8 Å². The van der Waals surface area contributed by atoms with Crippen molar-refractivity contribution in [1.82, 2.24) is 0 Å². The van der Waals surface area contributed by atoms with E-state index in [1.807, 2.05) is 0 Å². The van der Waals surface area contributed by atoms with Crippen LogP contribution in [-0.2, 0) is 4.79 Å². The molecular weight excluding hydrogens is 260 g/mol. The van der Waals surface area contributed by atoms with Crippen LogP contribution in [0.25, 0.3) is 5.57 Å². The van der Waals surface area contributed by atoms with Crippen LogP contribution in [-0.4, -0.2) is 27.8 Å². The van der Waals surface area contributed by atoms with E-state index in [0.29, 0.717) is 11.1 Å². The minimum Gasteiger partial charge on any atom is -0.478 e. The number of carboxylic acid groups (broad SMARTS) is 2. The van der Waals surface area contributed by atoms with Gasteiger partial charge in [0.15, 0.2) is 0 Å². The van der Waals surface area contributed by atoms with Gasteiger partial charge in [-0.05, 0) is 23.3 Å². The number of hydrogen-bond donors (Lipinski definition) is 4. The fourth-order valence-corrected chi connectivity index (χ4v) is 2.15. The molecule has 1 aliphatic carbocycles. The van der Waals surface area contributed by atoms with Crippen LogP contribution in [0.15, 0.2) is 42.0 Å². The molecule has 2 rings (SSSR count). The molecule has 0 saturated carbocycles. The van der Waals surface area contributed by atoms with E-state index in [9.17, 15) is 19.8 Å². The average Bonchev–Trinajstić information content (AvgIpc) is 2.37. The van der Waals surface area contributed by atoms with E-state index in [4.69, 9.17) is 11.5 Å². The zero-order valence-electron chi connectivity index (χ0n) is 10.5. The second kappa shape index (κ2) is 4.92. The molecule has 20 heavy (non-hydrogen) atoms. The van der Waals surface area contributed by atoms with Crippen molar-refractivity contribution in [2.75, 3.05) is 0 Å². The maximum absolute atomic E-state index is 11.4. The Bertz CT molecular complexity index is 644. The molecule has 0 aliphatic heterocycles. The maximum Gasteiger partial charge on any atom is 0.336 e. The first-order valence-electron chi connectivity index (χ1n) is 5.88. The minimum atomic E-state index is -1.24. The van der Waals surface area contributed by atoms with Gasteiger partial charge in [0.25, 0.3) is 0 Å². The van der Waals surface area contributed by atoms with E-state index in [1.165, 1.54) is 18.2 Å². The third-order valence-corrected chi connectivity index (χ3v) is 3.07. The van der Waals surface area contributed by atoms with Crippen LogP contribution in [0, 0.1) is 0 Å². The zero-order chi connectivity index (χ0) is 14.9. The first-order chi connectivity index (χ1) is 9.32. The molecule has 0 bridgehead atoms. The minimum absolute atomic E-state index is 0.00574. The number of rotatable bonds is 3. The van der Waals surface area contributed by atoms with E-state index >= 15 is 0 Å². The molecule has 0 saturated heterocycles. The Labute approximate surface area is 115 Å². The summed E-state index contributed by atoms with van der Waals surface area (Å²) in [5.41, 5.74) is 10.9. The number of aromatic carboxylic acids is 1. The highest BCUT2D eigenvalue weighted by atomic mass is 16.4. The molecule has 0 aromatic heterocycles. The van der Waals surface area contributed by atoms with Crippen LogP contribution >= 0.6 is 0 Å². The van der Waals surface area contributed by atoms with Crippen LogP contribution in [0.4, 0.5) is 0 Å². The lowest BCUT2D eigenvalue weighted by atomic mass is 9.85. The number of nitrogens with two attached hydrogens (primary N) is 2. The van der Waals surface area contributed by atoms with E-state index in [2.05, 4.69) is 0 Å². The normalized spacial score (nSPS) is 17.1. The van der Waals surface area contributed by atoms with Crippen LogP contribution < -0.4 is 11.5 Å². The highest BCUT2D eigenvalue weighted by Crippen LogP contribution is 2.31. The van der Waals surface area contributed by atoms with Gasteiger partial charge in [-0.15, -0.1) is 0 Å². The Morgan fingerprint density at radius 2 is 1.75 bits per heavy atom. The standard InChI is InChI=1S/C14H14N2O4/c15-14(16)6-5-9(11(7-14)13(19)20)8-3-1-2-4-10(8)12(17)18/h1-6H,7,15-16H2,(H,17,18)(H,19,20). The number of allylic oxidation sites excluding steroid dienone is 2. The van der Waals surface area contributed by atoms with Crippen LogP contribution in [0.1, 0.15) is 22.3 Å². The van der Waals surface area contributed by atoms with Crippen molar-refractivity contribution in [3.8, 4) is 0 Å². The molecule has 0 spiro atoms. The van der Waals surface area contributed by atoms with Gasteiger partial charge in [0, 0.05) is 12.0 Å². The third kappa shape index (κ3) is 2.61. The van der Waals surface area contributed by atoms with Gasteiger partial charge in [0.2, 0.25) is 0 Å². The highest BCUT2D eigenvalue weighted by Gasteiger charge is 2.29. The van der Waals surface area contributed by atoms with Gasteiger partial charge in [-0.3, -0.25) is 0 Å². The summed E-state index contributed by atoms with van der Waals surface area (Å²) in [5.74, 6) is -2.28. The van der Waals surface area contributed by atoms with Crippen molar-refractivity contribution in [3.63, 3.8) is 0 Å². The van der Waals surface area contributed by atoms with Crippen molar-refractivity contribution in [1.29, 1.82) is 0 Å². The molecular formula is C14H14N2O4. The predicted octanol–water partition coefficient (Wildman–Crippen LogP) is 0.797. The molecule has 6 heteroatoms. The topological polar surface area (TPSA) is 127 Å². The number of carboxylic acids is 2. The molecule has 6 N–H and O–H groups in total. The Morgan fingerprint density at radius 1 is 1.10 bits per heavy atom. The van der Waals surface area contributed by atoms with Crippen LogP contribution in [0.5, 0.6) is 0 Å². The molecule has 6 nitrogen and oxygen atoms in total. The number of hydrogen-bond acceptors (Lipinski definition) is 4. The summed E-state index contributed by atoms with van der Waals surface area (Å²) in [6, 6.07) is 6.21. The van der Waals surface area contributed by atoms with Gasteiger partial charge in [0.05, 0.1) is 11.2 Å². The lowest BCUT2D eigenvalue weighted by molar-refractivity contribution is -0.132. The molecule has 0 unspecified atom stereocenters. The molecule has 0 atom stereocenters. The molecule has 0 heterocycles. The van der Waals surface area contributed by atoms with E-state index in [-0.39, 0.29) is 17.6 Å². The van der Waals surface area contributed by atoms with Gasteiger partial charge in [0.1, 0.15) is 0 Å². The van der Waals surface area contributed by atoms with Crippen LogP contribution in [0.3, 0.4) is 0 Å². The van der Waals surface area contributed by atoms with Crippen molar-refractivity contribution in [2.45, 2.75) is 12.1 Å². The summed E-state index contributed by atoms with van der Waals surface area (Å²) in [5, 5.41) is 18.5. The summed E-state index contributed by atoms with van der Waals surface area (Å²) in [6.07, 6.45) is 2.88. The zero-order valence-corrected chi connectivity index (χ0v) is 10.5. The third-order valence-electron chi connectivity index (χ3n) is 3.07. The van der Waals surface area contributed by atoms with Crippen molar-refractivity contribution in [3.05, 3.63) is 53.1 Å². The first-order valence-corrected chi connectivity index (χ1v) is 5.88. The smallest absolute Gasteiger partial charge is 0.336 e. The van der Waals surface area contributed by atoms with E-state index in [0.717, 1.165) is 0 Å². The fourth-order valence-electron chi connectivity index (χ4n) is 2.15. The first kappa shape index (κ1) is 14.0. The van der Waals surface area contributed by atoms with E-state index in [1.54, 1.807) is 18.2 Å². The van der Waals surface area contributed by atoms with Gasteiger partial charge < -0.3 is 21.7 Å². The monoisotopic (exact) mass is 274 g/mol. The molecule has 104 valence electrons. The number of aliphatic carboxylic acids is 1. The molecule has 1 aromatic rings. The van der Waals surface area contributed by atoms with Gasteiger partial charge >= 0.3 is 11.9 Å². The molecule has 1 aliphatic rings. The second-order valence-electron chi connectivity index (χ2n) is 4.67. The lowest BCUT2D eigenvalue weighted by Crippen LogP contribution is -2.49. The summed E-state index contributed by atoms with van der Waals surface area (Å²) in [7, 11) is 0.